The van der Waals surface area contributed by atoms with E-state index in [2.05, 4.69) is 17.6 Å². The van der Waals surface area contributed by atoms with Crippen LogP contribution in [0.4, 0.5) is 0 Å². The van der Waals surface area contributed by atoms with Gasteiger partial charge in [-0.15, -0.1) is 12.4 Å². The lowest BCUT2D eigenvalue weighted by atomic mass is 9.80. The summed E-state index contributed by atoms with van der Waals surface area (Å²) in [6, 6.07) is 0. The summed E-state index contributed by atoms with van der Waals surface area (Å²) in [5.41, 5.74) is 4.61. The molecule has 6 heteroatoms. The first-order valence-electron chi connectivity index (χ1n) is 6.94. The fourth-order valence-corrected chi connectivity index (χ4v) is 2.43. The zero-order chi connectivity index (χ0) is 13.4. The zero-order valence-corrected chi connectivity index (χ0v) is 12.5. The number of nitrogens with two attached hydrogens (primary N) is 1. The molecule has 4 N–H and O–H groups in total. The quantitative estimate of drug-likeness (QED) is 0.641. The molecule has 0 unspecified atom stereocenters. The summed E-state index contributed by atoms with van der Waals surface area (Å²) in [7, 11) is 0. The molecule has 19 heavy (non-hydrogen) atoms. The Bertz CT molecular complexity index is 292. The summed E-state index contributed by atoms with van der Waals surface area (Å²) >= 11 is 0. The molecular weight excluding hydrogens is 266 g/mol. The Morgan fingerprint density at radius 3 is 2.37 bits per heavy atom. The van der Waals surface area contributed by atoms with E-state index in [0.29, 0.717) is 6.54 Å². The van der Waals surface area contributed by atoms with Crippen LogP contribution in [0.25, 0.3) is 0 Å². The van der Waals surface area contributed by atoms with Crippen molar-refractivity contribution < 1.29 is 9.59 Å². The largest absolute Gasteiger partial charge is 0.354 e. The number of halogens is 1. The maximum absolute atomic E-state index is 12.3. The topological polar surface area (TPSA) is 84.2 Å². The Balaban J connectivity index is 0.00000324. The highest BCUT2D eigenvalue weighted by molar-refractivity contribution is 5.92. The third-order valence-corrected chi connectivity index (χ3v) is 3.52. The van der Waals surface area contributed by atoms with Gasteiger partial charge in [-0.2, -0.15) is 0 Å². The van der Waals surface area contributed by atoms with Gasteiger partial charge in [0.25, 0.3) is 0 Å². The number of hydrogen-bond acceptors (Lipinski definition) is 3. The van der Waals surface area contributed by atoms with Crippen LogP contribution in [0.5, 0.6) is 0 Å². The second-order valence-electron chi connectivity index (χ2n) is 5.00. The van der Waals surface area contributed by atoms with Gasteiger partial charge < -0.3 is 16.4 Å². The van der Waals surface area contributed by atoms with E-state index in [1.165, 1.54) is 0 Å². The van der Waals surface area contributed by atoms with Gasteiger partial charge in [0.05, 0.1) is 6.54 Å². The lowest BCUT2D eigenvalue weighted by Crippen LogP contribution is -2.60. The van der Waals surface area contributed by atoms with E-state index in [0.717, 1.165) is 44.9 Å². The monoisotopic (exact) mass is 291 g/mol. The molecule has 0 aromatic carbocycles. The first-order chi connectivity index (χ1) is 8.64. The number of carbonyl (C=O) groups is 2. The SMILES string of the molecule is CCCCNC(=O)C1(NC(=O)CN)CCCCC1.Cl. The number of rotatable bonds is 6. The molecule has 0 atom stereocenters. The molecule has 0 aliphatic heterocycles. The molecule has 0 spiro atoms. The molecule has 0 saturated heterocycles. The molecule has 1 rings (SSSR count). The van der Waals surface area contributed by atoms with Crippen LogP contribution in [0.3, 0.4) is 0 Å². The molecule has 0 heterocycles. The Labute approximate surface area is 121 Å². The van der Waals surface area contributed by atoms with E-state index in [9.17, 15) is 9.59 Å². The Kier molecular flexibility index (Phi) is 8.76. The number of nitrogens with one attached hydrogen (secondary N) is 2. The van der Waals surface area contributed by atoms with Gasteiger partial charge in [-0.3, -0.25) is 9.59 Å². The van der Waals surface area contributed by atoms with Crippen molar-refractivity contribution in [2.45, 2.75) is 57.4 Å². The van der Waals surface area contributed by atoms with Crippen LogP contribution in [0.2, 0.25) is 0 Å². The van der Waals surface area contributed by atoms with E-state index in [4.69, 9.17) is 5.73 Å². The first kappa shape index (κ1) is 18.2. The van der Waals surface area contributed by atoms with Crippen molar-refractivity contribution in [3.05, 3.63) is 0 Å². The average Bonchev–Trinajstić information content (AvgIpc) is 2.39. The minimum absolute atomic E-state index is 0. The molecule has 1 saturated carbocycles. The van der Waals surface area contributed by atoms with Crippen LogP contribution >= 0.6 is 12.4 Å². The number of carbonyl (C=O) groups excluding carboxylic acids is 2. The molecule has 0 aromatic rings. The van der Waals surface area contributed by atoms with Crippen molar-refractivity contribution in [3.8, 4) is 0 Å². The van der Waals surface area contributed by atoms with Crippen molar-refractivity contribution >= 4 is 24.2 Å². The molecule has 1 fully saturated rings. The molecule has 1 aliphatic rings. The van der Waals surface area contributed by atoms with Crippen molar-refractivity contribution in [2.75, 3.05) is 13.1 Å². The van der Waals surface area contributed by atoms with Crippen LogP contribution in [-0.4, -0.2) is 30.4 Å². The molecule has 0 aromatic heterocycles. The van der Waals surface area contributed by atoms with E-state index in [1.54, 1.807) is 0 Å². The summed E-state index contributed by atoms with van der Waals surface area (Å²) in [6.45, 7) is 2.69. The Morgan fingerprint density at radius 2 is 1.84 bits per heavy atom. The maximum Gasteiger partial charge on any atom is 0.245 e. The van der Waals surface area contributed by atoms with Crippen LogP contribution in [0, 0.1) is 0 Å². The van der Waals surface area contributed by atoms with Gasteiger partial charge >= 0.3 is 0 Å². The van der Waals surface area contributed by atoms with Crippen molar-refractivity contribution in [1.29, 1.82) is 0 Å². The van der Waals surface area contributed by atoms with E-state index >= 15 is 0 Å². The smallest absolute Gasteiger partial charge is 0.245 e. The average molecular weight is 292 g/mol. The van der Waals surface area contributed by atoms with Crippen LogP contribution < -0.4 is 16.4 Å². The lowest BCUT2D eigenvalue weighted by molar-refractivity contribution is -0.134. The summed E-state index contributed by atoms with van der Waals surface area (Å²) in [4.78, 5) is 23.8. The highest BCUT2D eigenvalue weighted by Gasteiger charge is 2.40. The lowest BCUT2D eigenvalue weighted by Gasteiger charge is -2.36. The van der Waals surface area contributed by atoms with E-state index in [-0.39, 0.29) is 30.8 Å². The van der Waals surface area contributed by atoms with Crippen molar-refractivity contribution in [1.82, 2.24) is 10.6 Å². The summed E-state index contributed by atoms with van der Waals surface area (Å²) in [5.74, 6) is -0.292. The third kappa shape index (κ3) is 5.37. The first-order valence-corrected chi connectivity index (χ1v) is 6.94. The highest BCUT2D eigenvalue weighted by Crippen LogP contribution is 2.28. The third-order valence-electron chi connectivity index (χ3n) is 3.52. The highest BCUT2D eigenvalue weighted by atomic mass is 35.5. The molecule has 0 bridgehead atoms. The van der Waals surface area contributed by atoms with Gasteiger partial charge in [-0.25, -0.2) is 0 Å². The zero-order valence-electron chi connectivity index (χ0n) is 11.7. The van der Waals surface area contributed by atoms with Gasteiger partial charge in [0.1, 0.15) is 5.54 Å². The van der Waals surface area contributed by atoms with E-state index in [1.807, 2.05) is 0 Å². The molecule has 112 valence electrons. The second kappa shape index (κ2) is 9.15. The molecule has 0 radical (unpaired) electrons. The minimum Gasteiger partial charge on any atom is -0.354 e. The van der Waals surface area contributed by atoms with Crippen LogP contribution in [-0.2, 0) is 9.59 Å². The van der Waals surface area contributed by atoms with Gasteiger partial charge in [0, 0.05) is 6.54 Å². The van der Waals surface area contributed by atoms with Crippen molar-refractivity contribution in [2.24, 2.45) is 5.73 Å². The number of hydrogen-bond donors (Lipinski definition) is 3. The molecule has 5 nitrogen and oxygen atoms in total. The second-order valence-corrected chi connectivity index (χ2v) is 5.00. The number of unbranched alkanes of at least 4 members (excludes halogenated alkanes) is 1. The Morgan fingerprint density at radius 1 is 1.21 bits per heavy atom. The summed E-state index contributed by atoms with van der Waals surface area (Å²) in [6.07, 6.45) is 6.53. The van der Waals surface area contributed by atoms with Crippen molar-refractivity contribution in [3.63, 3.8) is 0 Å². The van der Waals surface area contributed by atoms with Crippen LogP contribution in [0.15, 0.2) is 0 Å². The van der Waals surface area contributed by atoms with Gasteiger partial charge in [-0.05, 0) is 19.3 Å². The molecule has 1 aliphatic carbocycles. The van der Waals surface area contributed by atoms with Gasteiger partial charge in [0.15, 0.2) is 0 Å². The normalized spacial score (nSPS) is 17.2. The van der Waals surface area contributed by atoms with Gasteiger partial charge in [0.2, 0.25) is 11.8 Å². The summed E-state index contributed by atoms with van der Waals surface area (Å²) < 4.78 is 0. The predicted octanol–water partition coefficient (Wildman–Crippen LogP) is 1.10. The predicted molar refractivity (Wildman–Crippen MR) is 78.2 cm³/mol. The maximum atomic E-state index is 12.3. The Hall–Kier alpha value is -0.810. The van der Waals surface area contributed by atoms with Gasteiger partial charge in [-0.1, -0.05) is 32.6 Å². The van der Waals surface area contributed by atoms with Crippen LogP contribution in [0.1, 0.15) is 51.9 Å². The fourth-order valence-electron chi connectivity index (χ4n) is 2.43. The minimum atomic E-state index is -0.720. The standard InChI is InChI=1S/C13H25N3O2.ClH/c1-2-3-9-15-12(18)13(16-11(17)10-14)7-5-4-6-8-13;/h2-10,14H2,1H3,(H,15,18)(H,16,17);1H. The van der Waals surface area contributed by atoms with E-state index < -0.39 is 5.54 Å². The molecular formula is C13H26ClN3O2. The fraction of sp³-hybridized carbons (Fsp3) is 0.846. The molecule has 2 amide bonds. The number of amides is 2. The summed E-state index contributed by atoms with van der Waals surface area (Å²) in [5, 5.41) is 5.76.